The Morgan fingerprint density at radius 2 is 2.12 bits per heavy atom. The second-order valence-corrected chi connectivity index (χ2v) is 7.54. The largest absolute Gasteiger partial charge is 0.310 e. The summed E-state index contributed by atoms with van der Waals surface area (Å²) in [4.78, 5) is 24.1. The van der Waals surface area contributed by atoms with E-state index in [0.29, 0.717) is 13.0 Å². The fourth-order valence-electron chi connectivity index (χ4n) is 2.43. The number of thioether (sulfide) groups is 1. The van der Waals surface area contributed by atoms with Crippen LogP contribution in [0.15, 0.2) is 53.1 Å². The van der Waals surface area contributed by atoms with Crippen LogP contribution < -0.4 is 4.90 Å². The molecule has 0 aliphatic rings. The van der Waals surface area contributed by atoms with E-state index in [0.717, 1.165) is 20.9 Å². The van der Waals surface area contributed by atoms with Crippen molar-refractivity contribution in [3.05, 3.63) is 48.1 Å². The van der Waals surface area contributed by atoms with Crippen molar-refractivity contribution < 1.29 is 4.79 Å². The van der Waals surface area contributed by atoms with Gasteiger partial charge < -0.3 is 4.90 Å². The maximum absolute atomic E-state index is 13.0. The number of nitriles is 1. The molecule has 1 aromatic carbocycles. The van der Waals surface area contributed by atoms with Gasteiger partial charge in [0.2, 0.25) is 5.91 Å². The van der Waals surface area contributed by atoms with Crippen molar-refractivity contribution in [3.63, 3.8) is 0 Å². The SMILES string of the molecule is C[C@H](Sc1ncnc2sccc12)C(=O)N(CCC#N)c1ccccc1. The van der Waals surface area contributed by atoms with Gasteiger partial charge in [0.25, 0.3) is 0 Å². The number of hydrogen-bond acceptors (Lipinski definition) is 6. The predicted octanol–water partition coefficient (Wildman–Crippen LogP) is 4.12. The number of amides is 1. The maximum atomic E-state index is 13.0. The number of benzene rings is 1. The molecule has 2 aromatic heterocycles. The summed E-state index contributed by atoms with van der Waals surface area (Å²) in [7, 11) is 0. The van der Waals surface area contributed by atoms with Crippen LogP contribution in [0.4, 0.5) is 5.69 Å². The molecule has 0 aliphatic carbocycles. The average Bonchev–Trinajstić information content (AvgIpc) is 3.12. The number of carbonyl (C=O) groups is 1. The van der Waals surface area contributed by atoms with Crippen LogP contribution in [0.2, 0.25) is 0 Å². The van der Waals surface area contributed by atoms with Gasteiger partial charge in [-0.25, -0.2) is 9.97 Å². The second kappa shape index (κ2) is 8.10. The van der Waals surface area contributed by atoms with E-state index in [-0.39, 0.29) is 11.2 Å². The van der Waals surface area contributed by atoms with E-state index in [1.165, 1.54) is 18.1 Å². The van der Waals surface area contributed by atoms with Gasteiger partial charge in [0.1, 0.15) is 16.2 Å². The zero-order valence-corrected chi connectivity index (χ0v) is 15.3. The number of fused-ring (bicyclic) bond motifs is 1. The first-order chi connectivity index (χ1) is 12.2. The number of carbonyl (C=O) groups excluding carboxylic acids is 1. The summed E-state index contributed by atoms with van der Waals surface area (Å²) >= 11 is 2.98. The molecule has 2 heterocycles. The van der Waals surface area contributed by atoms with E-state index in [2.05, 4.69) is 16.0 Å². The summed E-state index contributed by atoms with van der Waals surface area (Å²) in [5.74, 6) is -0.0339. The first-order valence-corrected chi connectivity index (χ1v) is 9.55. The van der Waals surface area contributed by atoms with Crippen LogP contribution in [-0.2, 0) is 4.79 Å². The second-order valence-electron chi connectivity index (χ2n) is 5.31. The lowest BCUT2D eigenvalue weighted by atomic mass is 10.2. The molecule has 1 atom stereocenters. The highest BCUT2D eigenvalue weighted by Crippen LogP contribution is 2.31. The van der Waals surface area contributed by atoms with Crippen molar-refractivity contribution in [3.8, 4) is 6.07 Å². The third-order valence-electron chi connectivity index (χ3n) is 3.64. The third kappa shape index (κ3) is 3.98. The molecule has 0 bridgehead atoms. The lowest BCUT2D eigenvalue weighted by molar-refractivity contribution is -0.117. The highest BCUT2D eigenvalue weighted by molar-refractivity contribution is 8.00. The number of rotatable bonds is 6. The summed E-state index contributed by atoms with van der Waals surface area (Å²) in [6.45, 7) is 2.25. The fourth-order valence-corrected chi connectivity index (χ4v) is 4.19. The van der Waals surface area contributed by atoms with Crippen LogP contribution in [0.5, 0.6) is 0 Å². The molecular formula is C18H16N4OS2. The Labute approximate surface area is 154 Å². The smallest absolute Gasteiger partial charge is 0.240 e. The molecular weight excluding hydrogens is 352 g/mol. The Hall–Kier alpha value is -2.43. The van der Waals surface area contributed by atoms with E-state index in [1.54, 1.807) is 16.2 Å². The maximum Gasteiger partial charge on any atom is 0.240 e. The minimum Gasteiger partial charge on any atom is -0.310 e. The van der Waals surface area contributed by atoms with Gasteiger partial charge in [0, 0.05) is 17.6 Å². The minimum atomic E-state index is -0.322. The number of thiophene rings is 1. The molecule has 126 valence electrons. The molecule has 1 amide bonds. The van der Waals surface area contributed by atoms with Crippen LogP contribution in [0, 0.1) is 11.3 Å². The number of hydrogen-bond donors (Lipinski definition) is 0. The first-order valence-electron chi connectivity index (χ1n) is 7.79. The zero-order valence-electron chi connectivity index (χ0n) is 13.6. The molecule has 0 unspecified atom stereocenters. The summed E-state index contributed by atoms with van der Waals surface area (Å²) in [6, 6.07) is 13.5. The highest BCUT2D eigenvalue weighted by Gasteiger charge is 2.24. The van der Waals surface area contributed by atoms with Crippen LogP contribution in [-0.4, -0.2) is 27.7 Å². The highest BCUT2D eigenvalue weighted by atomic mass is 32.2. The van der Waals surface area contributed by atoms with Gasteiger partial charge in [-0.15, -0.1) is 11.3 Å². The monoisotopic (exact) mass is 368 g/mol. The Morgan fingerprint density at radius 1 is 1.32 bits per heavy atom. The number of anilines is 1. The molecule has 25 heavy (non-hydrogen) atoms. The molecule has 0 fully saturated rings. The average molecular weight is 368 g/mol. The van der Waals surface area contributed by atoms with Crippen molar-refractivity contribution in [2.24, 2.45) is 0 Å². The molecule has 3 rings (SSSR count). The summed E-state index contributed by atoms with van der Waals surface area (Å²) < 4.78 is 0. The fraction of sp³-hybridized carbons (Fsp3) is 0.222. The van der Waals surface area contributed by atoms with Crippen molar-refractivity contribution >= 4 is 44.9 Å². The molecule has 0 spiro atoms. The first kappa shape index (κ1) is 17.4. The van der Waals surface area contributed by atoms with Gasteiger partial charge in [-0.05, 0) is 30.5 Å². The lowest BCUT2D eigenvalue weighted by Crippen LogP contribution is -2.37. The van der Waals surface area contributed by atoms with Crippen LogP contribution in [0.1, 0.15) is 13.3 Å². The van der Waals surface area contributed by atoms with Crippen molar-refractivity contribution in [2.45, 2.75) is 23.6 Å². The molecule has 0 N–H and O–H groups in total. The predicted molar refractivity (Wildman–Crippen MR) is 102 cm³/mol. The van der Waals surface area contributed by atoms with Gasteiger partial charge in [-0.1, -0.05) is 30.0 Å². The Morgan fingerprint density at radius 3 is 2.88 bits per heavy atom. The van der Waals surface area contributed by atoms with E-state index >= 15 is 0 Å². The van der Waals surface area contributed by atoms with Crippen LogP contribution >= 0.6 is 23.1 Å². The van der Waals surface area contributed by atoms with Gasteiger partial charge in [0.15, 0.2) is 0 Å². The Kier molecular flexibility index (Phi) is 5.64. The third-order valence-corrected chi connectivity index (χ3v) is 5.57. The molecule has 0 saturated carbocycles. The summed E-state index contributed by atoms with van der Waals surface area (Å²) in [5, 5.41) is 12.3. The van der Waals surface area contributed by atoms with Crippen molar-refractivity contribution in [1.29, 1.82) is 5.26 Å². The van der Waals surface area contributed by atoms with Crippen LogP contribution in [0.25, 0.3) is 10.2 Å². The molecule has 0 radical (unpaired) electrons. The molecule has 0 saturated heterocycles. The van der Waals surface area contributed by atoms with Gasteiger partial charge in [-0.3, -0.25) is 4.79 Å². The number of aromatic nitrogens is 2. The van der Waals surface area contributed by atoms with Gasteiger partial charge in [-0.2, -0.15) is 5.26 Å². The minimum absolute atomic E-state index is 0.0339. The van der Waals surface area contributed by atoms with Crippen molar-refractivity contribution in [1.82, 2.24) is 9.97 Å². The number of nitrogens with zero attached hydrogens (tertiary/aromatic N) is 4. The summed E-state index contributed by atoms with van der Waals surface area (Å²) in [6.07, 6.45) is 1.82. The van der Waals surface area contributed by atoms with Crippen LogP contribution in [0.3, 0.4) is 0 Å². The quantitative estimate of drug-likeness (QED) is 0.483. The lowest BCUT2D eigenvalue weighted by Gasteiger charge is -2.24. The van der Waals surface area contributed by atoms with E-state index in [1.807, 2.05) is 48.7 Å². The van der Waals surface area contributed by atoms with Gasteiger partial charge >= 0.3 is 0 Å². The molecule has 0 aliphatic heterocycles. The van der Waals surface area contributed by atoms with E-state index in [9.17, 15) is 4.79 Å². The number of para-hydroxylation sites is 1. The topological polar surface area (TPSA) is 69.9 Å². The normalized spacial score (nSPS) is 11.8. The Bertz CT molecular complexity index is 904. The van der Waals surface area contributed by atoms with Gasteiger partial charge in [0.05, 0.1) is 17.7 Å². The summed E-state index contributed by atoms with van der Waals surface area (Å²) in [5.41, 5.74) is 0.804. The molecule has 5 nitrogen and oxygen atoms in total. The van der Waals surface area contributed by atoms with E-state index in [4.69, 9.17) is 5.26 Å². The van der Waals surface area contributed by atoms with E-state index < -0.39 is 0 Å². The standard InChI is InChI=1S/C18H16N4OS2/c1-13(25-17-15-8-11-24-16(15)20-12-21-17)18(23)22(10-5-9-19)14-6-3-2-4-7-14/h2-4,6-8,11-13H,5,10H2,1H3/t13-/m0/s1. The Balaban J connectivity index is 1.81. The molecule has 7 heteroatoms. The van der Waals surface area contributed by atoms with Crippen molar-refractivity contribution in [2.75, 3.05) is 11.4 Å². The zero-order chi connectivity index (χ0) is 17.6. The molecule has 3 aromatic rings.